The van der Waals surface area contributed by atoms with E-state index in [4.69, 9.17) is 10.3 Å². The van der Waals surface area contributed by atoms with E-state index in [-0.39, 0.29) is 5.60 Å². The molecule has 0 aromatic heterocycles. The molecule has 1 N–H and O–H groups in total. The number of aliphatic hydroxyl groups excluding tert-OH is 1. The highest BCUT2D eigenvalue weighted by Crippen LogP contribution is 2.46. The van der Waals surface area contributed by atoms with E-state index in [0.717, 1.165) is 19.4 Å². The summed E-state index contributed by atoms with van der Waals surface area (Å²) >= 11 is 0. The van der Waals surface area contributed by atoms with Gasteiger partial charge in [-0.25, -0.2) is 0 Å². The van der Waals surface area contributed by atoms with Gasteiger partial charge < -0.3 is 9.84 Å². The van der Waals surface area contributed by atoms with E-state index >= 15 is 0 Å². The molecule has 1 aliphatic heterocycles. The van der Waals surface area contributed by atoms with Gasteiger partial charge in [0.05, 0.1) is 23.9 Å². The molecule has 84 valence electrons. The van der Waals surface area contributed by atoms with E-state index in [1.54, 1.807) is 0 Å². The molecular weight excluding hydrogens is 194 g/mol. The lowest BCUT2D eigenvalue weighted by atomic mass is 9.72. The predicted molar refractivity (Wildman–Crippen MR) is 55.3 cm³/mol. The first-order valence-electron chi connectivity index (χ1n) is 5.38. The van der Waals surface area contributed by atoms with Crippen LogP contribution in [-0.2, 0) is 4.74 Å². The van der Waals surface area contributed by atoms with Crippen LogP contribution in [0.3, 0.4) is 0 Å². The maximum Gasteiger partial charge on any atom is 0.0917 e. The standard InChI is InChI=1S/C10H17N3O2/c1-9(12-13-11)4-3-7(5-8(9)14)10(2)6-15-10/h7-8,14H,3-6H2,1-2H3. The van der Waals surface area contributed by atoms with E-state index in [1.165, 1.54) is 0 Å². The van der Waals surface area contributed by atoms with E-state index in [0.29, 0.717) is 12.3 Å². The minimum Gasteiger partial charge on any atom is -0.392 e. The topological polar surface area (TPSA) is 81.5 Å². The quantitative estimate of drug-likeness (QED) is 0.328. The van der Waals surface area contributed by atoms with Gasteiger partial charge in [0.1, 0.15) is 0 Å². The predicted octanol–water partition coefficient (Wildman–Crippen LogP) is 2.01. The second-order valence-corrected chi connectivity index (χ2v) is 5.14. The van der Waals surface area contributed by atoms with Crippen LogP contribution in [0.15, 0.2) is 5.11 Å². The van der Waals surface area contributed by atoms with Gasteiger partial charge >= 0.3 is 0 Å². The van der Waals surface area contributed by atoms with Gasteiger partial charge in [-0.05, 0) is 37.6 Å². The van der Waals surface area contributed by atoms with Gasteiger partial charge in [0, 0.05) is 4.91 Å². The molecule has 0 amide bonds. The average Bonchev–Trinajstić information content (AvgIpc) is 2.91. The number of nitrogens with zero attached hydrogens (tertiary/aromatic N) is 3. The van der Waals surface area contributed by atoms with Crippen LogP contribution in [0.25, 0.3) is 10.4 Å². The fraction of sp³-hybridized carbons (Fsp3) is 1.00. The van der Waals surface area contributed by atoms with Crippen LogP contribution in [0.5, 0.6) is 0 Å². The first-order chi connectivity index (χ1) is 7.00. The molecule has 0 bridgehead atoms. The Morgan fingerprint density at radius 3 is 2.67 bits per heavy atom. The van der Waals surface area contributed by atoms with Crippen molar-refractivity contribution in [1.82, 2.24) is 0 Å². The molecule has 2 rings (SSSR count). The van der Waals surface area contributed by atoms with Gasteiger partial charge in [-0.1, -0.05) is 12.0 Å². The van der Waals surface area contributed by atoms with Gasteiger partial charge in [0.2, 0.25) is 0 Å². The molecule has 5 heteroatoms. The summed E-state index contributed by atoms with van der Waals surface area (Å²) in [7, 11) is 0. The van der Waals surface area contributed by atoms with Gasteiger partial charge in [0.25, 0.3) is 0 Å². The fourth-order valence-electron chi connectivity index (χ4n) is 2.40. The van der Waals surface area contributed by atoms with Crippen molar-refractivity contribution in [2.24, 2.45) is 11.0 Å². The van der Waals surface area contributed by atoms with Crippen molar-refractivity contribution < 1.29 is 9.84 Å². The van der Waals surface area contributed by atoms with Crippen LogP contribution in [0.2, 0.25) is 0 Å². The Balaban J connectivity index is 2.05. The summed E-state index contributed by atoms with van der Waals surface area (Å²) in [6.07, 6.45) is 1.82. The Hall–Kier alpha value is -0.770. The van der Waals surface area contributed by atoms with Crippen molar-refractivity contribution in [3.8, 4) is 0 Å². The molecule has 1 heterocycles. The van der Waals surface area contributed by atoms with Crippen molar-refractivity contribution in [2.45, 2.75) is 50.4 Å². The third-order valence-electron chi connectivity index (χ3n) is 3.96. The summed E-state index contributed by atoms with van der Waals surface area (Å²) in [5.74, 6) is 0.398. The average molecular weight is 211 g/mol. The number of hydrogen-bond acceptors (Lipinski definition) is 3. The Morgan fingerprint density at radius 2 is 2.20 bits per heavy atom. The van der Waals surface area contributed by atoms with Gasteiger partial charge in [0.15, 0.2) is 0 Å². The molecule has 1 aliphatic carbocycles. The van der Waals surface area contributed by atoms with E-state index in [1.807, 2.05) is 6.92 Å². The van der Waals surface area contributed by atoms with Gasteiger partial charge in [-0.2, -0.15) is 0 Å². The highest BCUT2D eigenvalue weighted by molar-refractivity contribution is 5.03. The molecule has 5 nitrogen and oxygen atoms in total. The minimum absolute atomic E-state index is 0.0291. The van der Waals surface area contributed by atoms with Crippen LogP contribution in [0.1, 0.15) is 33.1 Å². The van der Waals surface area contributed by atoms with Crippen molar-refractivity contribution in [3.63, 3.8) is 0 Å². The van der Waals surface area contributed by atoms with E-state index < -0.39 is 11.6 Å². The third-order valence-corrected chi connectivity index (χ3v) is 3.96. The zero-order valence-corrected chi connectivity index (χ0v) is 9.18. The highest BCUT2D eigenvalue weighted by Gasteiger charge is 2.51. The van der Waals surface area contributed by atoms with Crippen molar-refractivity contribution in [3.05, 3.63) is 10.4 Å². The smallest absolute Gasteiger partial charge is 0.0917 e. The van der Waals surface area contributed by atoms with Crippen LogP contribution in [-0.4, -0.2) is 29.0 Å². The molecule has 1 saturated carbocycles. The van der Waals surface area contributed by atoms with Gasteiger partial charge in [-0.15, -0.1) is 0 Å². The summed E-state index contributed by atoms with van der Waals surface area (Å²) in [4.78, 5) is 2.82. The Bertz CT molecular complexity index is 310. The number of ether oxygens (including phenoxy) is 1. The number of rotatable bonds is 2. The molecule has 0 spiro atoms. The SMILES string of the molecule is CC1(N=[N+]=[N-])CCC(C2(C)CO2)CC1O. The second kappa shape index (κ2) is 3.37. The molecule has 2 fully saturated rings. The van der Waals surface area contributed by atoms with Crippen LogP contribution in [0, 0.1) is 5.92 Å². The number of hydrogen-bond donors (Lipinski definition) is 1. The highest BCUT2D eigenvalue weighted by atomic mass is 16.6. The molecule has 4 atom stereocenters. The Morgan fingerprint density at radius 1 is 1.53 bits per heavy atom. The zero-order valence-electron chi connectivity index (χ0n) is 9.18. The summed E-state index contributed by atoms with van der Waals surface area (Å²) < 4.78 is 5.40. The first-order valence-corrected chi connectivity index (χ1v) is 5.38. The number of aliphatic hydroxyl groups is 1. The lowest BCUT2D eigenvalue weighted by Crippen LogP contribution is -2.45. The molecule has 2 aliphatic rings. The van der Waals surface area contributed by atoms with Gasteiger partial charge in [-0.3, -0.25) is 0 Å². The van der Waals surface area contributed by atoms with E-state index in [2.05, 4.69) is 16.9 Å². The van der Waals surface area contributed by atoms with E-state index in [9.17, 15) is 5.11 Å². The molecule has 0 aromatic carbocycles. The molecule has 0 radical (unpaired) electrons. The van der Waals surface area contributed by atoms with Crippen molar-refractivity contribution in [1.29, 1.82) is 0 Å². The fourth-order valence-corrected chi connectivity index (χ4v) is 2.40. The van der Waals surface area contributed by atoms with Crippen LogP contribution >= 0.6 is 0 Å². The summed E-state index contributed by atoms with van der Waals surface area (Å²) in [5.41, 5.74) is 7.80. The Kier molecular flexibility index (Phi) is 2.41. The maximum absolute atomic E-state index is 10.0. The normalized spacial score (nSPS) is 49.5. The van der Waals surface area contributed by atoms with Crippen molar-refractivity contribution in [2.75, 3.05) is 6.61 Å². The monoisotopic (exact) mass is 211 g/mol. The molecule has 0 aromatic rings. The largest absolute Gasteiger partial charge is 0.392 e. The summed E-state index contributed by atoms with van der Waals surface area (Å²) in [6.45, 7) is 4.70. The lowest BCUT2D eigenvalue weighted by molar-refractivity contribution is 0.0135. The summed E-state index contributed by atoms with van der Waals surface area (Å²) in [6, 6.07) is 0. The van der Waals surface area contributed by atoms with Crippen molar-refractivity contribution >= 4 is 0 Å². The first kappa shape index (κ1) is 10.7. The Labute approximate surface area is 89.1 Å². The minimum atomic E-state index is -0.628. The molecule has 15 heavy (non-hydrogen) atoms. The lowest BCUT2D eigenvalue weighted by Gasteiger charge is -2.39. The maximum atomic E-state index is 10.0. The number of epoxide rings is 1. The molecule has 1 saturated heterocycles. The third kappa shape index (κ3) is 1.83. The zero-order chi connectivity index (χ0) is 11.1. The van der Waals surface area contributed by atoms with Crippen LogP contribution in [0.4, 0.5) is 0 Å². The molecular formula is C10H17N3O2. The second-order valence-electron chi connectivity index (χ2n) is 5.14. The van der Waals surface area contributed by atoms with Crippen LogP contribution < -0.4 is 0 Å². The number of azide groups is 1. The summed E-state index contributed by atoms with van der Waals surface area (Å²) in [5, 5.41) is 13.7. The molecule has 4 unspecified atom stereocenters.